The molecule has 3 N–H and O–H groups in total. The first kappa shape index (κ1) is 34.9. The van der Waals surface area contributed by atoms with Crippen LogP contribution in [0.4, 0.5) is 23.2 Å². The fourth-order valence-electron chi connectivity index (χ4n) is 5.76. The van der Waals surface area contributed by atoms with Crippen molar-refractivity contribution in [2.75, 3.05) is 19.5 Å². The van der Waals surface area contributed by atoms with E-state index in [1.54, 1.807) is 6.92 Å². The summed E-state index contributed by atoms with van der Waals surface area (Å²) in [7, 11) is -3.05. The van der Waals surface area contributed by atoms with Crippen molar-refractivity contribution in [1.82, 2.24) is 5.32 Å². The number of hydrogen-bond donors (Lipinski definition) is 3. The van der Waals surface area contributed by atoms with Crippen LogP contribution >= 0.6 is 0 Å². The highest BCUT2D eigenvalue weighted by Gasteiger charge is 2.47. The van der Waals surface area contributed by atoms with Crippen molar-refractivity contribution in [3.8, 4) is 11.5 Å². The first-order chi connectivity index (χ1) is 21.5. The molecule has 3 atom stereocenters. The van der Waals surface area contributed by atoms with Crippen molar-refractivity contribution >= 4 is 33.3 Å². The Morgan fingerprint density at radius 1 is 1.00 bits per heavy atom. The number of carboxylic acid groups (broad SMARTS) is 1. The molecule has 4 rings (SSSR count). The summed E-state index contributed by atoms with van der Waals surface area (Å²) in [6, 6.07) is 4.92. The first-order valence-corrected chi connectivity index (χ1v) is 15.8. The van der Waals surface area contributed by atoms with E-state index in [-0.39, 0.29) is 29.2 Å². The van der Waals surface area contributed by atoms with Crippen molar-refractivity contribution < 1.29 is 59.7 Å². The smallest absolute Gasteiger partial charge is 0.496 e. The van der Waals surface area contributed by atoms with Crippen LogP contribution in [0.25, 0.3) is 0 Å². The fraction of sp³-hybridized carbons (Fsp3) is 0.500. The number of methoxy groups -OCH3 is 2. The highest BCUT2D eigenvalue weighted by atomic mass is 32.2. The number of carboxylic acids is 1. The molecule has 252 valence electrons. The van der Waals surface area contributed by atoms with Crippen LogP contribution in [0.1, 0.15) is 55.8 Å². The van der Waals surface area contributed by atoms with Crippen LogP contribution in [0, 0.1) is 17.2 Å². The second-order valence-corrected chi connectivity index (χ2v) is 13.5. The third-order valence-electron chi connectivity index (χ3n) is 8.59. The van der Waals surface area contributed by atoms with Gasteiger partial charge in [-0.2, -0.15) is 13.2 Å². The van der Waals surface area contributed by atoms with Crippen molar-refractivity contribution in [3.63, 3.8) is 0 Å². The number of rotatable bonds is 10. The van der Waals surface area contributed by atoms with Gasteiger partial charge in [0.25, 0.3) is 15.7 Å². The fourth-order valence-corrected chi connectivity index (χ4v) is 6.57. The van der Waals surface area contributed by atoms with E-state index in [1.807, 2.05) is 0 Å². The molecule has 0 radical (unpaired) electrons. The minimum atomic E-state index is -5.66. The summed E-state index contributed by atoms with van der Waals surface area (Å²) in [6.45, 7) is 1.64. The van der Waals surface area contributed by atoms with E-state index in [4.69, 9.17) is 14.2 Å². The Morgan fingerprint density at radius 3 is 2.26 bits per heavy atom. The van der Waals surface area contributed by atoms with Gasteiger partial charge in [0, 0.05) is 18.9 Å². The molecule has 2 saturated carbocycles. The van der Waals surface area contributed by atoms with Crippen molar-refractivity contribution in [1.29, 1.82) is 0 Å². The molecule has 2 amide bonds. The normalized spacial score (nSPS) is 25.0. The zero-order valence-corrected chi connectivity index (χ0v) is 26.0. The SMILES string of the molecule is COc1cc(F)c(OC2CCC(C)(C(=O)O)CC2)cc1C(=O)N[C@@H]1C(OC)CCC1C(=O)Nc1cccc(S(=O)(=O)C(F)(F)F)c1. The zero-order chi connectivity index (χ0) is 34.0. The maximum absolute atomic E-state index is 15.0. The second-order valence-electron chi connectivity index (χ2n) is 11.6. The van der Waals surface area contributed by atoms with Crippen LogP contribution in [-0.4, -0.2) is 69.3 Å². The van der Waals surface area contributed by atoms with Crippen molar-refractivity contribution in [2.45, 2.75) is 74.1 Å². The summed E-state index contributed by atoms with van der Waals surface area (Å²) in [5, 5.41) is 14.6. The number of alkyl halides is 3. The molecule has 2 aliphatic carbocycles. The maximum Gasteiger partial charge on any atom is 0.501 e. The van der Waals surface area contributed by atoms with Gasteiger partial charge in [0.1, 0.15) is 5.75 Å². The Morgan fingerprint density at radius 2 is 1.67 bits per heavy atom. The lowest BCUT2D eigenvalue weighted by Gasteiger charge is -2.34. The molecule has 11 nitrogen and oxygen atoms in total. The van der Waals surface area contributed by atoms with Gasteiger partial charge in [-0.1, -0.05) is 6.07 Å². The number of ether oxygens (including phenoxy) is 3. The summed E-state index contributed by atoms with van der Waals surface area (Å²) >= 11 is 0. The van der Waals surface area contributed by atoms with Gasteiger partial charge >= 0.3 is 11.5 Å². The molecule has 0 aliphatic heterocycles. The Balaban J connectivity index is 1.52. The lowest BCUT2D eigenvalue weighted by Crippen LogP contribution is -2.48. The number of hydrogen-bond acceptors (Lipinski definition) is 8. The van der Waals surface area contributed by atoms with Gasteiger partial charge in [-0.3, -0.25) is 14.4 Å². The van der Waals surface area contributed by atoms with Gasteiger partial charge in [-0.15, -0.1) is 0 Å². The largest absolute Gasteiger partial charge is 0.501 e. The molecule has 2 fully saturated rings. The Labute approximate surface area is 262 Å². The summed E-state index contributed by atoms with van der Waals surface area (Å²) in [5.41, 5.74) is -6.76. The van der Waals surface area contributed by atoms with Gasteiger partial charge in [-0.25, -0.2) is 12.8 Å². The van der Waals surface area contributed by atoms with Gasteiger partial charge in [0.2, 0.25) is 5.91 Å². The van der Waals surface area contributed by atoms with E-state index < -0.39 is 73.4 Å². The molecule has 46 heavy (non-hydrogen) atoms. The highest BCUT2D eigenvalue weighted by Crippen LogP contribution is 2.39. The van der Waals surface area contributed by atoms with Gasteiger partial charge in [0.15, 0.2) is 11.6 Å². The Kier molecular flexibility index (Phi) is 10.2. The molecule has 0 bridgehead atoms. The van der Waals surface area contributed by atoms with Crippen LogP contribution in [-0.2, 0) is 24.2 Å². The van der Waals surface area contributed by atoms with Crippen LogP contribution < -0.4 is 20.1 Å². The average Bonchev–Trinajstić information content (AvgIpc) is 3.41. The van der Waals surface area contributed by atoms with E-state index in [0.717, 1.165) is 24.3 Å². The van der Waals surface area contributed by atoms with Gasteiger partial charge < -0.3 is 30.0 Å². The maximum atomic E-state index is 15.0. The molecule has 0 saturated heterocycles. The summed E-state index contributed by atoms with van der Waals surface area (Å²) in [6.07, 6.45) is 0.759. The number of anilines is 1. The number of carbonyl (C=O) groups is 3. The molecule has 0 aromatic heterocycles. The lowest BCUT2D eigenvalue weighted by atomic mass is 9.75. The number of benzene rings is 2. The van der Waals surface area contributed by atoms with E-state index in [1.165, 1.54) is 20.3 Å². The van der Waals surface area contributed by atoms with E-state index in [2.05, 4.69) is 10.6 Å². The number of carbonyl (C=O) groups excluding carboxylic acids is 2. The van der Waals surface area contributed by atoms with Crippen molar-refractivity contribution in [2.24, 2.45) is 11.3 Å². The number of sulfone groups is 1. The van der Waals surface area contributed by atoms with E-state index in [0.29, 0.717) is 38.2 Å². The van der Waals surface area contributed by atoms with Crippen LogP contribution in [0.5, 0.6) is 11.5 Å². The molecule has 2 unspecified atom stereocenters. The topological polar surface area (TPSA) is 157 Å². The van der Waals surface area contributed by atoms with Crippen LogP contribution in [0.3, 0.4) is 0 Å². The Hall–Kier alpha value is -3.92. The Bertz CT molecular complexity index is 1590. The third-order valence-corrected chi connectivity index (χ3v) is 10.1. The monoisotopic (exact) mass is 674 g/mol. The second kappa shape index (κ2) is 13.4. The van der Waals surface area contributed by atoms with Crippen LogP contribution in [0.2, 0.25) is 0 Å². The minimum absolute atomic E-state index is 0.115. The molecule has 2 aromatic carbocycles. The quantitative estimate of drug-likeness (QED) is 0.304. The van der Waals surface area contributed by atoms with E-state index in [9.17, 15) is 45.5 Å². The summed E-state index contributed by atoms with van der Waals surface area (Å²) in [5.74, 6) is -4.49. The molecule has 0 heterocycles. The molecule has 0 spiro atoms. The predicted molar refractivity (Wildman–Crippen MR) is 155 cm³/mol. The summed E-state index contributed by atoms with van der Waals surface area (Å²) in [4.78, 5) is 37.3. The molecule has 16 heteroatoms. The van der Waals surface area contributed by atoms with Crippen molar-refractivity contribution in [3.05, 3.63) is 47.8 Å². The predicted octanol–water partition coefficient (Wildman–Crippen LogP) is 4.70. The number of nitrogens with one attached hydrogen (secondary N) is 2. The lowest BCUT2D eigenvalue weighted by molar-refractivity contribution is -0.150. The molecular weight excluding hydrogens is 640 g/mol. The molecular formula is C30H34F4N2O9S. The third kappa shape index (κ3) is 7.22. The standard InChI is InChI=1S/C30H34F4N2O9S/c1-29(28(39)40)11-9-17(10-12-29)45-24-14-20(23(44-3)15-21(24)31)27(38)36-25-19(7-8-22(25)43-2)26(37)35-16-5-4-6-18(13-16)46(41,42)30(32,33)34/h4-6,13-15,17,19,22,25H,7-12H2,1-3H3,(H,35,37)(H,36,38)(H,39,40)/t17?,19?,22?,25-,29?/m0/s1. The first-order valence-electron chi connectivity index (χ1n) is 14.3. The zero-order valence-electron chi connectivity index (χ0n) is 25.1. The van der Waals surface area contributed by atoms with Crippen LogP contribution in [0.15, 0.2) is 41.3 Å². The number of amides is 2. The molecule has 2 aromatic rings. The van der Waals surface area contributed by atoms with Gasteiger partial charge in [-0.05, 0) is 69.7 Å². The average molecular weight is 675 g/mol. The van der Waals surface area contributed by atoms with Gasteiger partial charge in [0.05, 0.1) is 47.2 Å². The van der Waals surface area contributed by atoms with E-state index >= 15 is 0 Å². The highest BCUT2D eigenvalue weighted by molar-refractivity contribution is 7.92. The number of halogens is 4. The minimum Gasteiger partial charge on any atom is -0.496 e. The summed E-state index contributed by atoms with van der Waals surface area (Å²) < 4.78 is 94.3. The number of aliphatic carboxylic acids is 1. The molecule has 2 aliphatic rings.